The van der Waals surface area contributed by atoms with Crippen molar-refractivity contribution in [2.75, 3.05) is 6.61 Å². The molecule has 78 valence electrons. The molecule has 0 aromatic rings. The van der Waals surface area contributed by atoms with Crippen molar-refractivity contribution in [3.05, 3.63) is 0 Å². The molecule has 0 bridgehead atoms. The van der Waals surface area contributed by atoms with Gasteiger partial charge in [-0.15, -0.1) is 0 Å². The maximum Gasteiger partial charge on any atom is 0.249 e. The highest BCUT2D eigenvalue weighted by Crippen LogP contribution is 2.12. The van der Waals surface area contributed by atoms with Gasteiger partial charge in [0, 0.05) is 12.6 Å². The molecule has 2 atom stereocenters. The summed E-state index contributed by atoms with van der Waals surface area (Å²) < 4.78 is 5.32. The summed E-state index contributed by atoms with van der Waals surface area (Å²) in [6, 6.07) is 1.94. The zero-order chi connectivity index (χ0) is 10.4. The van der Waals surface area contributed by atoms with Crippen LogP contribution in [0.1, 0.15) is 32.6 Å². The topological polar surface area (TPSA) is 62.1 Å². The molecule has 1 heterocycles. The number of carbonyl (C=O) groups excluding carboxylic acids is 1. The molecular weight excluding hydrogens is 180 g/mol. The highest BCUT2D eigenvalue weighted by Gasteiger charge is 2.22. The number of hydrogen-bond donors (Lipinski definition) is 1. The standard InChI is InChI=1S/C10H16N2O2/c1-8(5-6-11)12-10(13)9-4-2-3-7-14-9/h8-9H,2-5,7H2,1H3,(H,12,13). The molecule has 1 aliphatic rings. The first-order valence-electron chi connectivity index (χ1n) is 5.03. The van der Waals surface area contributed by atoms with Gasteiger partial charge in [-0.1, -0.05) is 0 Å². The van der Waals surface area contributed by atoms with Crippen molar-refractivity contribution in [2.45, 2.75) is 44.8 Å². The Morgan fingerprint density at radius 2 is 2.50 bits per heavy atom. The number of nitrogens with one attached hydrogen (secondary N) is 1. The highest BCUT2D eigenvalue weighted by molar-refractivity contribution is 5.81. The smallest absolute Gasteiger partial charge is 0.249 e. The lowest BCUT2D eigenvalue weighted by Gasteiger charge is -2.23. The SMILES string of the molecule is CC(CC#N)NC(=O)C1CCCCO1. The van der Waals surface area contributed by atoms with Crippen molar-refractivity contribution >= 4 is 5.91 Å². The molecule has 4 nitrogen and oxygen atoms in total. The van der Waals surface area contributed by atoms with Crippen LogP contribution in [0.5, 0.6) is 0 Å². The fourth-order valence-electron chi connectivity index (χ4n) is 1.47. The fraction of sp³-hybridized carbons (Fsp3) is 0.800. The molecule has 2 unspecified atom stereocenters. The van der Waals surface area contributed by atoms with Gasteiger partial charge in [-0.2, -0.15) is 5.26 Å². The van der Waals surface area contributed by atoms with Crippen molar-refractivity contribution in [1.82, 2.24) is 5.32 Å². The molecule has 14 heavy (non-hydrogen) atoms. The zero-order valence-electron chi connectivity index (χ0n) is 8.45. The van der Waals surface area contributed by atoms with Gasteiger partial charge in [0.1, 0.15) is 6.10 Å². The van der Waals surface area contributed by atoms with Gasteiger partial charge < -0.3 is 10.1 Å². The molecule has 0 aromatic carbocycles. The monoisotopic (exact) mass is 196 g/mol. The predicted octanol–water partition coefficient (Wildman–Crippen LogP) is 0.974. The molecular formula is C10H16N2O2. The first kappa shape index (κ1) is 11.0. The summed E-state index contributed by atoms with van der Waals surface area (Å²) in [6.45, 7) is 2.49. The Bertz CT molecular complexity index is 229. The summed E-state index contributed by atoms with van der Waals surface area (Å²) in [7, 11) is 0. The summed E-state index contributed by atoms with van der Waals surface area (Å²) in [6.07, 6.45) is 2.93. The number of carbonyl (C=O) groups is 1. The minimum atomic E-state index is -0.301. The molecule has 1 aliphatic heterocycles. The second kappa shape index (κ2) is 5.61. The minimum Gasteiger partial charge on any atom is -0.368 e. The van der Waals surface area contributed by atoms with Gasteiger partial charge in [-0.05, 0) is 26.2 Å². The van der Waals surface area contributed by atoms with Crippen LogP contribution < -0.4 is 5.32 Å². The number of nitriles is 1. The van der Waals surface area contributed by atoms with Crippen LogP contribution in [0.15, 0.2) is 0 Å². The summed E-state index contributed by atoms with van der Waals surface area (Å²) in [5.41, 5.74) is 0. The number of hydrogen-bond acceptors (Lipinski definition) is 3. The van der Waals surface area contributed by atoms with Gasteiger partial charge in [0.2, 0.25) is 5.91 Å². The normalized spacial score (nSPS) is 23.6. The average Bonchev–Trinajstić information content (AvgIpc) is 2.19. The average molecular weight is 196 g/mol. The first-order chi connectivity index (χ1) is 6.74. The van der Waals surface area contributed by atoms with Crippen molar-refractivity contribution in [2.24, 2.45) is 0 Å². The highest BCUT2D eigenvalue weighted by atomic mass is 16.5. The fourth-order valence-corrected chi connectivity index (χ4v) is 1.47. The van der Waals surface area contributed by atoms with E-state index in [1.54, 1.807) is 0 Å². The zero-order valence-corrected chi connectivity index (χ0v) is 8.45. The molecule has 1 amide bonds. The van der Waals surface area contributed by atoms with Crippen molar-refractivity contribution in [3.8, 4) is 6.07 Å². The lowest BCUT2D eigenvalue weighted by molar-refractivity contribution is -0.136. The van der Waals surface area contributed by atoms with E-state index >= 15 is 0 Å². The van der Waals surface area contributed by atoms with Crippen LogP contribution in [-0.4, -0.2) is 24.7 Å². The number of ether oxygens (including phenoxy) is 1. The lowest BCUT2D eigenvalue weighted by atomic mass is 10.1. The second-order valence-electron chi connectivity index (χ2n) is 3.63. The van der Waals surface area contributed by atoms with Crippen LogP contribution in [0.3, 0.4) is 0 Å². The van der Waals surface area contributed by atoms with Gasteiger partial charge in [0.05, 0.1) is 12.5 Å². The summed E-state index contributed by atoms with van der Waals surface area (Å²) >= 11 is 0. The number of rotatable bonds is 3. The predicted molar refractivity (Wildman–Crippen MR) is 51.4 cm³/mol. The van der Waals surface area contributed by atoms with Crippen LogP contribution in [0.4, 0.5) is 0 Å². The molecule has 0 spiro atoms. The molecule has 0 saturated carbocycles. The van der Waals surface area contributed by atoms with Crippen molar-refractivity contribution in [3.63, 3.8) is 0 Å². The second-order valence-corrected chi connectivity index (χ2v) is 3.63. The van der Waals surface area contributed by atoms with E-state index in [9.17, 15) is 4.79 Å². The summed E-state index contributed by atoms with van der Waals surface area (Å²) in [4.78, 5) is 11.5. The van der Waals surface area contributed by atoms with Gasteiger partial charge in [-0.25, -0.2) is 0 Å². The Balaban J connectivity index is 2.30. The molecule has 4 heteroatoms. The molecule has 1 fully saturated rings. The molecule has 1 N–H and O–H groups in total. The first-order valence-corrected chi connectivity index (χ1v) is 5.03. The lowest BCUT2D eigenvalue weighted by Crippen LogP contribution is -2.42. The number of nitrogens with zero attached hydrogens (tertiary/aromatic N) is 1. The van der Waals surface area contributed by atoms with Crippen LogP contribution in [0.25, 0.3) is 0 Å². The Morgan fingerprint density at radius 3 is 3.07 bits per heavy atom. The summed E-state index contributed by atoms with van der Waals surface area (Å²) in [5.74, 6) is -0.0764. The van der Waals surface area contributed by atoms with Crippen LogP contribution in [-0.2, 0) is 9.53 Å². The van der Waals surface area contributed by atoms with Gasteiger partial charge >= 0.3 is 0 Å². The molecule has 0 aromatic heterocycles. The van der Waals surface area contributed by atoms with E-state index in [0.717, 1.165) is 19.3 Å². The van der Waals surface area contributed by atoms with E-state index in [2.05, 4.69) is 5.32 Å². The van der Waals surface area contributed by atoms with E-state index in [1.165, 1.54) is 0 Å². The van der Waals surface area contributed by atoms with E-state index in [4.69, 9.17) is 10.00 Å². The maximum atomic E-state index is 11.5. The third kappa shape index (κ3) is 3.35. The van der Waals surface area contributed by atoms with Crippen LogP contribution in [0, 0.1) is 11.3 Å². The molecule has 0 radical (unpaired) electrons. The van der Waals surface area contributed by atoms with E-state index < -0.39 is 0 Å². The minimum absolute atomic E-state index is 0.0764. The number of amides is 1. The Morgan fingerprint density at radius 1 is 1.71 bits per heavy atom. The van der Waals surface area contributed by atoms with E-state index in [0.29, 0.717) is 13.0 Å². The maximum absolute atomic E-state index is 11.5. The quantitative estimate of drug-likeness (QED) is 0.731. The van der Waals surface area contributed by atoms with Crippen molar-refractivity contribution < 1.29 is 9.53 Å². The molecule has 1 saturated heterocycles. The molecule has 0 aliphatic carbocycles. The van der Waals surface area contributed by atoms with Gasteiger partial charge in [0.15, 0.2) is 0 Å². The van der Waals surface area contributed by atoms with Crippen LogP contribution in [0.2, 0.25) is 0 Å². The van der Waals surface area contributed by atoms with E-state index in [-0.39, 0.29) is 18.1 Å². The van der Waals surface area contributed by atoms with Crippen molar-refractivity contribution in [1.29, 1.82) is 5.26 Å². The third-order valence-corrected chi connectivity index (χ3v) is 2.26. The Hall–Kier alpha value is -1.08. The van der Waals surface area contributed by atoms with Gasteiger partial charge in [-0.3, -0.25) is 4.79 Å². The third-order valence-electron chi connectivity index (χ3n) is 2.26. The molecule has 1 rings (SSSR count). The van der Waals surface area contributed by atoms with Crippen LogP contribution >= 0.6 is 0 Å². The Labute approximate surface area is 84.2 Å². The Kier molecular flexibility index (Phi) is 4.41. The van der Waals surface area contributed by atoms with E-state index in [1.807, 2.05) is 13.0 Å². The largest absolute Gasteiger partial charge is 0.368 e. The van der Waals surface area contributed by atoms with Gasteiger partial charge in [0.25, 0.3) is 0 Å². The summed E-state index contributed by atoms with van der Waals surface area (Å²) in [5, 5.41) is 11.2.